The maximum atomic E-state index is 13.2. The van der Waals surface area contributed by atoms with Gasteiger partial charge in [-0.2, -0.15) is 10.1 Å². The van der Waals surface area contributed by atoms with Gasteiger partial charge in [0.15, 0.2) is 11.5 Å². The Hall–Kier alpha value is -4.32. The fraction of sp³-hybridized carbons (Fsp3) is 0.385. The van der Waals surface area contributed by atoms with Gasteiger partial charge in [0.05, 0.1) is 18.4 Å². The van der Waals surface area contributed by atoms with Crippen molar-refractivity contribution in [2.75, 3.05) is 50.5 Å². The molecule has 1 N–H and O–H groups in total. The Morgan fingerprint density at radius 3 is 2.61 bits per heavy atom. The van der Waals surface area contributed by atoms with E-state index in [4.69, 9.17) is 0 Å². The van der Waals surface area contributed by atoms with E-state index in [-0.39, 0.29) is 18.1 Å². The maximum absolute atomic E-state index is 13.2. The lowest BCUT2D eigenvalue weighted by molar-refractivity contribution is -0.104. The average Bonchev–Trinajstić information content (AvgIpc) is 3.18. The van der Waals surface area contributed by atoms with Crippen molar-refractivity contribution < 1.29 is 4.79 Å². The highest BCUT2D eigenvalue weighted by Gasteiger charge is 2.20. The summed E-state index contributed by atoms with van der Waals surface area (Å²) in [6.45, 7) is 11.8. The summed E-state index contributed by atoms with van der Waals surface area (Å²) in [6, 6.07) is 3.99. The molecule has 0 saturated carbocycles. The van der Waals surface area contributed by atoms with Crippen LogP contribution in [-0.4, -0.2) is 92.7 Å². The summed E-state index contributed by atoms with van der Waals surface area (Å²) in [5.41, 5.74) is 0.780. The number of carbonyl (C=O) groups excluding carboxylic acids is 1. The van der Waals surface area contributed by atoms with Crippen molar-refractivity contribution in [2.45, 2.75) is 26.4 Å². The number of allylic oxidation sites excluding steroid dienone is 3. The fourth-order valence-electron chi connectivity index (χ4n) is 3.97. The summed E-state index contributed by atoms with van der Waals surface area (Å²) in [6.07, 6.45) is 8.38. The molecule has 0 spiro atoms. The molecule has 1 aliphatic heterocycles. The Morgan fingerprint density at radius 2 is 1.97 bits per heavy atom. The molecule has 4 rings (SSSR count). The van der Waals surface area contributed by atoms with E-state index < -0.39 is 0 Å². The Kier molecular flexibility index (Phi) is 8.31. The molecule has 38 heavy (non-hydrogen) atoms. The Morgan fingerprint density at radius 1 is 1.21 bits per heavy atom. The van der Waals surface area contributed by atoms with Crippen LogP contribution in [0.2, 0.25) is 0 Å². The van der Waals surface area contributed by atoms with Crippen molar-refractivity contribution in [1.29, 1.82) is 0 Å². The lowest BCUT2D eigenvalue weighted by Crippen LogP contribution is -2.44. The van der Waals surface area contributed by atoms with E-state index in [0.717, 1.165) is 37.7 Å². The Labute approximate surface area is 221 Å². The van der Waals surface area contributed by atoms with E-state index in [2.05, 4.69) is 48.8 Å². The number of nitrogens with zero attached hydrogens (tertiary/aromatic N) is 9. The second kappa shape index (κ2) is 11.8. The van der Waals surface area contributed by atoms with Crippen LogP contribution in [0.15, 0.2) is 59.2 Å². The van der Waals surface area contributed by atoms with Crippen molar-refractivity contribution >= 4 is 40.6 Å². The normalized spacial score (nSPS) is 15.0. The molecular weight excluding hydrogens is 484 g/mol. The number of aromatic nitrogens is 5. The van der Waals surface area contributed by atoms with Gasteiger partial charge in [-0.05, 0) is 45.2 Å². The summed E-state index contributed by atoms with van der Waals surface area (Å²) >= 11 is 0. The van der Waals surface area contributed by atoms with Gasteiger partial charge < -0.3 is 15.1 Å². The topological polar surface area (TPSA) is 117 Å². The molecule has 3 aromatic heterocycles. The number of hydrazone groups is 1. The molecule has 1 aliphatic rings. The molecule has 0 aromatic carbocycles. The quantitative estimate of drug-likeness (QED) is 0.113. The van der Waals surface area contributed by atoms with Gasteiger partial charge in [-0.1, -0.05) is 6.08 Å². The second-order valence-electron chi connectivity index (χ2n) is 9.36. The monoisotopic (exact) mass is 518 g/mol. The van der Waals surface area contributed by atoms with Crippen LogP contribution in [0.1, 0.15) is 13.8 Å². The molecule has 1 fully saturated rings. The molecule has 0 aliphatic carbocycles. The molecule has 0 atom stereocenters. The number of anilines is 3. The van der Waals surface area contributed by atoms with Crippen LogP contribution in [-0.2, 0) is 11.3 Å². The van der Waals surface area contributed by atoms with Crippen LogP contribution in [0, 0.1) is 0 Å². The van der Waals surface area contributed by atoms with Gasteiger partial charge >= 0.3 is 0 Å². The molecule has 0 radical (unpaired) electrons. The zero-order chi connectivity index (χ0) is 27.2. The lowest BCUT2D eigenvalue weighted by atomic mass is 10.3. The fourth-order valence-corrected chi connectivity index (χ4v) is 3.97. The van der Waals surface area contributed by atoms with Gasteiger partial charge in [-0.25, -0.2) is 19.3 Å². The number of fused-ring (bicyclic) bond motifs is 1. The number of hydrogen-bond acceptors (Lipinski definition) is 10. The number of nitrogens with one attached hydrogen (secondary N) is 1. The van der Waals surface area contributed by atoms with Gasteiger partial charge in [-0.15, -0.1) is 6.58 Å². The van der Waals surface area contributed by atoms with E-state index in [9.17, 15) is 9.59 Å². The lowest BCUT2D eigenvalue weighted by Gasteiger charge is -2.33. The average molecular weight is 519 g/mol. The molecule has 12 nitrogen and oxygen atoms in total. The Bertz CT molecular complexity index is 1400. The van der Waals surface area contributed by atoms with Crippen molar-refractivity contribution in [1.82, 2.24) is 34.2 Å². The smallest absolute Gasteiger partial charge is 0.278 e. The third kappa shape index (κ3) is 5.80. The van der Waals surface area contributed by atoms with Gasteiger partial charge in [0.1, 0.15) is 17.5 Å². The molecule has 1 saturated heterocycles. The standard InChI is InChI=1S/C26H34N10O2/c1-6-11-35-25(38)21-18-28-26(29-20-9-10-22(27-17-20)34-14-12-32(4)13-15-34)30-24(21)36(35)23(8-7-16-37)31-33(5)19(2)3/h6-10,16-19H,1,11-15H2,2-5H3,(H,28,29,30)/b8-7-,31-23+. The maximum Gasteiger partial charge on any atom is 0.278 e. The number of pyridine rings is 1. The highest BCUT2D eigenvalue weighted by atomic mass is 16.1. The predicted molar refractivity (Wildman–Crippen MR) is 150 cm³/mol. The van der Waals surface area contributed by atoms with Crippen molar-refractivity contribution in [3.8, 4) is 0 Å². The molecule has 4 heterocycles. The van der Waals surface area contributed by atoms with E-state index in [0.29, 0.717) is 29.1 Å². The van der Waals surface area contributed by atoms with Gasteiger partial charge in [0.2, 0.25) is 5.95 Å². The molecule has 200 valence electrons. The van der Waals surface area contributed by atoms with E-state index in [1.807, 2.05) is 33.0 Å². The first-order chi connectivity index (χ1) is 18.3. The van der Waals surface area contributed by atoms with Crippen LogP contribution >= 0.6 is 0 Å². The van der Waals surface area contributed by atoms with Gasteiger partial charge in [0, 0.05) is 45.5 Å². The number of aldehydes is 1. The van der Waals surface area contributed by atoms with Crippen LogP contribution in [0.3, 0.4) is 0 Å². The summed E-state index contributed by atoms with van der Waals surface area (Å²) in [7, 11) is 3.94. The number of likely N-dealkylation sites (N-methyl/N-ethyl adjacent to an activating group) is 1. The Balaban J connectivity index is 1.71. The number of piperazine rings is 1. The largest absolute Gasteiger partial charge is 0.354 e. The highest BCUT2D eigenvalue weighted by molar-refractivity contribution is 6.01. The third-order valence-corrected chi connectivity index (χ3v) is 6.36. The summed E-state index contributed by atoms with van der Waals surface area (Å²) in [5.74, 6) is 1.57. The van der Waals surface area contributed by atoms with Crippen LogP contribution in [0.4, 0.5) is 17.5 Å². The van der Waals surface area contributed by atoms with E-state index in [1.54, 1.807) is 28.0 Å². The first-order valence-corrected chi connectivity index (χ1v) is 12.5. The number of rotatable bonds is 9. The minimum Gasteiger partial charge on any atom is -0.354 e. The minimum atomic E-state index is -0.288. The zero-order valence-electron chi connectivity index (χ0n) is 22.3. The van der Waals surface area contributed by atoms with Gasteiger partial charge in [-0.3, -0.25) is 14.6 Å². The van der Waals surface area contributed by atoms with Crippen molar-refractivity contribution in [3.63, 3.8) is 0 Å². The summed E-state index contributed by atoms with van der Waals surface area (Å²) in [4.78, 5) is 42.6. The summed E-state index contributed by atoms with van der Waals surface area (Å²) < 4.78 is 3.05. The number of carbonyl (C=O) groups is 1. The predicted octanol–water partition coefficient (Wildman–Crippen LogP) is 1.93. The van der Waals surface area contributed by atoms with Gasteiger partial charge in [0.25, 0.3) is 5.56 Å². The number of hydrogen-bond donors (Lipinski definition) is 1. The molecule has 12 heteroatoms. The van der Waals surface area contributed by atoms with E-state index >= 15 is 0 Å². The molecule has 3 aromatic rings. The van der Waals surface area contributed by atoms with Crippen LogP contribution in [0.25, 0.3) is 11.0 Å². The zero-order valence-corrected chi connectivity index (χ0v) is 22.3. The minimum absolute atomic E-state index is 0.0872. The van der Waals surface area contributed by atoms with Crippen LogP contribution < -0.4 is 15.8 Å². The SMILES string of the molecule is C=CCn1c(=O)c2cnc(Nc3ccc(N4CCN(C)CC4)nc3)nc2n1C(/C=C\C=O)=N/N(C)C(C)C. The third-order valence-electron chi connectivity index (χ3n) is 6.36. The molecule has 0 bridgehead atoms. The van der Waals surface area contributed by atoms with Crippen molar-refractivity contribution in [2.24, 2.45) is 5.10 Å². The molecule has 0 amide bonds. The van der Waals surface area contributed by atoms with Crippen molar-refractivity contribution in [3.05, 3.63) is 59.7 Å². The van der Waals surface area contributed by atoms with E-state index in [1.165, 1.54) is 17.0 Å². The first kappa shape index (κ1) is 26.7. The first-order valence-electron chi connectivity index (χ1n) is 12.5. The highest BCUT2D eigenvalue weighted by Crippen LogP contribution is 2.19. The van der Waals surface area contributed by atoms with Crippen LogP contribution in [0.5, 0.6) is 0 Å². The molecule has 0 unspecified atom stereocenters. The summed E-state index contributed by atoms with van der Waals surface area (Å²) in [5, 5.41) is 9.88. The second-order valence-corrected chi connectivity index (χ2v) is 9.36. The molecular formula is C26H34N10O2.